The van der Waals surface area contributed by atoms with Crippen LogP contribution in [-0.4, -0.2) is 13.1 Å². The van der Waals surface area contributed by atoms with E-state index in [9.17, 15) is 18.0 Å². The van der Waals surface area contributed by atoms with E-state index in [0.717, 1.165) is 11.8 Å². The molecule has 1 aromatic carbocycles. The van der Waals surface area contributed by atoms with Crippen LogP contribution < -0.4 is 0 Å². The van der Waals surface area contributed by atoms with Crippen LogP contribution in [0.5, 0.6) is 0 Å². The molecule has 4 nitrogen and oxygen atoms in total. The molecular weight excluding hydrogens is 257 g/mol. The van der Waals surface area contributed by atoms with Crippen molar-refractivity contribution in [3.05, 3.63) is 69.4 Å². The lowest BCUT2D eigenvalue weighted by atomic mass is 10.1. The van der Waals surface area contributed by atoms with Gasteiger partial charge in [-0.25, -0.2) is 4.39 Å². The van der Waals surface area contributed by atoms with Gasteiger partial charge in [-0.1, -0.05) is 18.2 Å². The predicted octanol–water partition coefficient (Wildman–Crippen LogP) is 1.97. The number of halogens is 1. The second kappa shape index (κ2) is 5.05. The lowest BCUT2D eigenvalue weighted by Gasteiger charge is -2.12. The van der Waals surface area contributed by atoms with Crippen molar-refractivity contribution in [1.82, 2.24) is 4.73 Å². The van der Waals surface area contributed by atoms with Crippen molar-refractivity contribution < 1.29 is 12.8 Å². The first-order valence-corrected chi connectivity index (χ1v) is 6.20. The van der Waals surface area contributed by atoms with Crippen molar-refractivity contribution in [2.45, 2.75) is 6.42 Å². The van der Waals surface area contributed by atoms with Crippen LogP contribution in [0.2, 0.25) is 0 Å². The molecule has 1 heterocycles. The van der Waals surface area contributed by atoms with E-state index >= 15 is 0 Å². The fourth-order valence-corrected chi connectivity index (χ4v) is 2.22. The average molecular weight is 266 g/mol. The quantitative estimate of drug-likeness (QED) is 0.781. The second-order valence-electron chi connectivity index (χ2n) is 3.70. The Hall–Kier alpha value is -2.08. The molecule has 1 aromatic heterocycles. The molecule has 0 N–H and O–H groups in total. The van der Waals surface area contributed by atoms with Crippen LogP contribution in [0.3, 0.4) is 0 Å². The molecule has 0 fully saturated rings. The Morgan fingerprint density at radius 1 is 1.17 bits per heavy atom. The minimum atomic E-state index is -2.60. The lowest BCUT2D eigenvalue weighted by Crippen LogP contribution is -1.99. The number of aromatic nitrogens is 1. The Morgan fingerprint density at radius 2 is 1.83 bits per heavy atom. The van der Waals surface area contributed by atoms with E-state index in [0.29, 0.717) is 10.3 Å². The summed E-state index contributed by atoms with van der Waals surface area (Å²) in [5.74, 6) is -0.363. The second-order valence-corrected chi connectivity index (χ2v) is 4.56. The maximum Gasteiger partial charge on any atom is 0.238 e. The lowest BCUT2D eigenvalue weighted by molar-refractivity contribution is 0.622. The monoisotopic (exact) mass is 266 g/mol. The summed E-state index contributed by atoms with van der Waals surface area (Å²) in [5.41, 5.74) is 1.11. The summed E-state index contributed by atoms with van der Waals surface area (Å²) in [7, 11) is -2.60. The first-order chi connectivity index (χ1) is 8.58. The average Bonchev–Trinajstić information content (AvgIpc) is 2.32. The molecule has 18 heavy (non-hydrogen) atoms. The normalized spacial score (nSPS) is 10.3. The van der Waals surface area contributed by atoms with E-state index in [4.69, 9.17) is 0 Å². The maximum atomic E-state index is 12.7. The number of benzene rings is 1. The van der Waals surface area contributed by atoms with E-state index in [1.165, 1.54) is 18.2 Å². The van der Waals surface area contributed by atoms with Crippen molar-refractivity contribution >= 4 is 10.3 Å². The van der Waals surface area contributed by atoms with Gasteiger partial charge in [0.15, 0.2) is 4.64 Å². The molecule has 0 saturated heterocycles. The summed E-state index contributed by atoms with van der Waals surface area (Å²) in [6, 6.07) is 8.71. The zero-order chi connectivity index (χ0) is 13.1. The van der Waals surface area contributed by atoms with Gasteiger partial charge in [0.25, 0.3) is 0 Å². The van der Waals surface area contributed by atoms with Gasteiger partial charge in [-0.05, 0) is 35.5 Å². The molecular formula is C12H9FNO3S-. The van der Waals surface area contributed by atoms with Crippen LogP contribution in [0.1, 0.15) is 11.1 Å². The highest BCUT2D eigenvalue weighted by atomic mass is 32.2. The summed E-state index contributed by atoms with van der Waals surface area (Å²) < 4.78 is 34.8. The molecule has 0 aliphatic carbocycles. The molecule has 0 spiro atoms. The molecule has 0 bridgehead atoms. The third-order valence-electron chi connectivity index (χ3n) is 2.46. The van der Waals surface area contributed by atoms with Gasteiger partial charge in [0.2, 0.25) is 10.3 Å². The number of nitrogens with zero attached hydrogens (tertiary/aromatic N) is 1. The molecule has 0 atom stereocenters. The molecule has 0 aliphatic heterocycles. The van der Waals surface area contributed by atoms with Crippen molar-refractivity contribution in [3.63, 3.8) is 0 Å². The Morgan fingerprint density at radius 3 is 2.44 bits per heavy atom. The highest BCUT2D eigenvalue weighted by Crippen LogP contribution is 2.11. The van der Waals surface area contributed by atoms with Crippen LogP contribution >= 0.6 is 0 Å². The summed E-state index contributed by atoms with van der Waals surface area (Å²) in [4.78, 5) is 0. The Kier molecular flexibility index (Phi) is 3.47. The van der Waals surface area contributed by atoms with Crippen LogP contribution in [0, 0.1) is 15.7 Å². The number of hydrogen-bond donors (Lipinski definition) is 0. The van der Waals surface area contributed by atoms with Gasteiger partial charge in [-0.3, -0.25) is 0 Å². The van der Waals surface area contributed by atoms with Crippen LogP contribution in [0.4, 0.5) is 4.39 Å². The zero-order valence-electron chi connectivity index (χ0n) is 9.21. The molecule has 0 saturated carbocycles. The van der Waals surface area contributed by atoms with Crippen LogP contribution in [0.25, 0.3) is 0 Å². The molecule has 2 aromatic rings. The number of hydrogen-bond acceptors (Lipinski definition) is 3. The molecule has 0 aliphatic rings. The van der Waals surface area contributed by atoms with E-state index in [1.807, 2.05) is 0 Å². The van der Waals surface area contributed by atoms with E-state index in [2.05, 4.69) is 0 Å². The van der Waals surface area contributed by atoms with Gasteiger partial charge in [-0.2, -0.15) is 8.42 Å². The number of pyridine rings is 1. The summed E-state index contributed by atoms with van der Waals surface area (Å²) in [6.45, 7) is 0. The Balaban J connectivity index is 2.51. The van der Waals surface area contributed by atoms with Gasteiger partial charge in [-0.15, -0.1) is 0 Å². The molecule has 2 rings (SSSR count). The molecule has 6 heteroatoms. The van der Waals surface area contributed by atoms with E-state index < -0.39 is 10.3 Å². The highest BCUT2D eigenvalue weighted by molar-refractivity contribution is 7.63. The molecule has 0 radical (unpaired) electrons. The smallest absolute Gasteiger partial charge is 0.238 e. The van der Waals surface area contributed by atoms with E-state index in [-0.39, 0.29) is 16.9 Å². The van der Waals surface area contributed by atoms with Crippen molar-refractivity contribution in [1.29, 1.82) is 0 Å². The fourth-order valence-electron chi connectivity index (χ4n) is 1.66. The predicted molar refractivity (Wildman–Crippen MR) is 64.6 cm³/mol. The summed E-state index contributed by atoms with van der Waals surface area (Å²) in [5, 5.41) is 11.4. The standard InChI is InChI=1S/C12H9FNO3S/c13-11-5-3-9(4-6-11)8-10-2-1-7-14(15)12(10)18(16)17/h1-7H,8H2/q-1. The first-order valence-electron chi connectivity index (χ1n) is 5.12. The summed E-state index contributed by atoms with van der Waals surface area (Å²) >= 11 is 0. The van der Waals surface area contributed by atoms with Crippen molar-refractivity contribution in [3.8, 4) is 0 Å². The molecule has 0 unspecified atom stereocenters. The first kappa shape index (κ1) is 12.4. The van der Waals surface area contributed by atoms with Crippen molar-refractivity contribution in [2.75, 3.05) is 0 Å². The molecule has 0 amide bonds. The Labute approximate surface area is 104 Å². The van der Waals surface area contributed by atoms with Gasteiger partial charge < -0.3 is 9.94 Å². The van der Waals surface area contributed by atoms with Gasteiger partial charge in [0.1, 0.15) is 5.82 Å². The third kappa shape index (κ3) is 2.60. The highest BCUT2D eigenvalue weighted by Gasteiger charge is 2.01. The summed E-state index contributed by atoms with van der Waals surface area (Å²) in [6.07, 6.45) is 1.38. The maximum absolute atomic E-state index is 12.7. The van der Waals surface area contributed by atoms with Crippen LogP contribution in [0.15, 0.2) is 42.6 Å². The van der Waals surface area contributed by atoms with E-state index in [1.54, 1.807) is 18.2 Å². The zero-order valence-corrected chi connectivity index (χ0v) is 10.0. The third-order valence-corrected chi connectivity index (χ3v) is 3.22. The topological polar surface area (TPSA) is 62.1 Å². The SMILES string of the molecule is O=S(=O)=c1c(Cc2ccc(F)cc2)cccn1[O-]. The fraction of sp³-hybridized carbons (Fsp3) is 0.0833. The van der Waals surface area contributed by atoms with Crippen molar-refractivity contribution in [2.24, 2.45) is 0 Å². The van der Waals surface area contributed by atoms with Gasteiger partial charge in [0.05, 0.1) is 0 Å². The number of rotatable bonds is 2. The minimum absolute atomic E-state index is 0.257. The largest absolute Gasteiger partial charge is 0.805 e. The molecule has 94 valence electrons. The van der Waals surface area contributed by atoms with Gasteiger partial charge in [0, 0.05) is 6.42 Å². The minimum Gasteiger partial charge on any atom is -0.805 e. The Bertz CT molecular complexity index is 725. The van der Waals surface area contributed by atoms with Gasteiger partial charge >= 0.3 is 0 Å². The van der Waals surface area contributed by atoms with Crippen LogP contribution in [-0.2, 0) is 16.7 Å².